The molecule has 2 aromatic rings. The van der Waals surface area contributed by atoms with E-state index in [1.165, 1.54) is 17.8 Å². The average Bonchev–Trinajstić information content (AvgIpc) is 3.45. The van der Waals surface area contributed by atoms with Crippen molar-refractivity contribution in [3.63, 3.8) is 0 Å². The van der Waals surface area contributed by atoms with E-state index in [0.29, 0.717) is 17.1 Å². The highest BCUT2D eigenvalue weighted by molar-refractivity contribution is 7.99. The van der Waals surface area contributed by atoms with Gasteiger partial charge in [0.05, 0.1) is 11.8 Å². The summed E-state index contributed by atoms with van der Waals surface area (Å²) in [5.41, 5.74) is 0.860. The van der Waals surface area contributed by atoms with Gasteiger partial charge in [0.1, 0.15) is 0 Å². The Balaban J connectivity index is 1.64. The molecule has 0 radical (unpaired) electrons. The molecule has 1 aromatic heterocycles. The molecule has 138 valence electrons. The predicted octanol–water partition coefficient (Wildman–Crippen LogP) is 3.57. The van der Waals surface area contributed by atoms with Crippen LogP contribution in [0.25, 0.3) is 0 Å². The van der Waals surface area contributed by atoms with Crippen LogP contribution in [0.1, 0.15) is 50.8 Å². The lowest BCUT2D eigenvalue weighted by molar-refractivity contribution is -0.119. The van der Waals surface area contributed by atoms with Gasteiger partial charge in [-0.3, -0.25) is 9.59 Å². The van der Waals surface area contributed by atoms with Crippen LogP contribution < -0.4 is 10.9 Å². The Morgan fingerprint density at radius 1 is 1.27 bits per heavy atom. The summed E-state index contributed by atoms with van der Waals surface area (Å²) in [5.74, 6) is 0.693. The number of amides is 1. The topological polar surface area (TPSA) is 64.0 Å². The molecule has 1 saturated carbocycles. The Morgan fingerprint density at radius 3 is 2.65 bits per heavy atom. The number of hydrogen-bond acceptors (Lipinski definition) is 4. The normalized spacial score (nSPS) is 15.0. The number of carbonyl (C=O) groups is 1. The third kappa shape index (κ3) is 5.21. The Bertz CT molecular complexity index is 800. The number of nitrogens with one attached hydrogen (secondary N) is 1. The van der Waals surface area contributed by atoms with E-state index in [1.54, 1.807) is 6.20 Å². The summed E-state index contributed by atoms with van der Waals surface area (Å²) < 4.78 is 2.02. The van der Waals surface area contributed by atoms with Crippen LogP contribution in [0.15, 0.2) is 52.5 Å². The first kappa shape index (κ1) is 18.7. The second-order valence-electron chi connectivity index (χ2n) is 7.14. The molecule has 1 unspecified atom stereocenters. The Morgan fingerprint density at radius 2 is 2.00 bits per heavy atom. The molecule has 0 saturated heterocycles. The fourth-order valence-electron chi connectivity index (χ4n) is 2.94. The summed E-state index contributed by atoms with van der Waals surface area (Å²) in [5, 5.41) is 3.77. The summed E-state index contributed by atoms with van der Waals surface area (Å²) in [6, 6.07) is 12.0. The molecule has 1 atom stereocenters. The van der Waals surface area contributed by atoms with Crippen LogP contribution >= 0.6 is 11.8 Å². The molecule has 1 aromatic carbocycles. The molecule has 6 heteroatoms. The van der Waals surface area contributed by atoms with Crippen molar-refractivity contribution < 1.29 is 4.79 Å². The molecule has 1 amide bonds. The number of aromatic nitrogens is 2. The number of rotatable bonds is 8. The van der Waals surface area contributed by atoms with Gasteiger partial charge in [0, 0.05) is 18.3 Å². The van der Waals surface area contributed by atoms with Gasteiger partial charge < -0.3 is 9.88 Å². The van der Waals surface area contributed by atoms with Crippen molar-refractivity contribution in [3.8, 4) is 0 Å². The van der Waals surface area contributed by atoms with Gasteiger partial charge in [0.25, 0.3) is 5.56 Å². The van der Waals surface area contributed by atoms with Crippen molar-refractivity contribution >= 4 is 17.7 Å². The molecule has 1 N–H and O–H groups in total. The van der Waals surface area contributed by atoms with Crippen molar-refractivity contribution in [2.45, 2.75) is 50.4 Å². The van der Waals surface area contributed by atoms with Crippen LogP contribution in [-0.2, 0) is 4.79 Å². The number of nitrogens with zero attached hydrogens (tertiary/aromatic N) is 2. The summed E-state index contributed by atoms with van der Waals surface area (Å²) in [6.45, 7) is 4.30. The fraction of sp³-hybridized carbons (Fsp3) is 0.450. The van der Waals surface area contributed by atoms with Gasteiger partial charge in [-0.2, -0.15) is 4.98 Å². The molecule has 0 aliphatic heterocycles. The monoisotopic (exact) mass is 371 g/mol. The standard InChI is InChI=1S/C20H25N3O2S/c1-14(2)12-17(15-6-4-3-5-7-15)21-19(25)13-26-20-22-18(24)10-11-23(20)16-8-9-16/h3-7,10-11,14,16-17H,8-9,12-13H2,1-2H3,(H,21,25). The Kier molecular flexibility index (Phi) is 6.14. The van der Waals surface area contributed by atoms with Crippen LogP contribution in [0.2, 0.25) is 0 Å². The molecule has 1 fully saturated rings. The molecule has 3 rings (SSSR count). The average molecular weight is 372 g/mol. The molecular formula is C20H25N3O2S. The molecular weight excluding hydrogens is 346 g/mol. The summed E-state index contributed by atoms with van der Waals surface area (Å²) in [6.07, 6.45) is 4.89. The van der Waals surface area contributed by atoms with E-state index in [1.807, 2.05) is 34.9 Å². The number of thioether (sulfide) groups is 1. The van der Waals surface area contributed by atoms with Crippen LogP contribution in [0.4, 0.5) is 0 Å². The first-order valence-electron chi connectivity index (χ1n) is 9.09. The van der Waals surface area contributed by atoms with Crippen molar-refractivity contribution in [2.75, 3.05) is 5.75 Å². The van der Waals surface area contributed by atoms with Gasteiger partial charge >= 0.3 is 0 Å². The lowest BCUT2D eigenvalue weighted by Crippen LogP contribution is -2.31. The maximum atomic E-state index is 12.5. The Hall–Kier alpha value is -2.08. The molecule has 26 heavy (non-hydrogen) atoms. The largest absolute Gasteiger partial charge is 0.349 e. The van der Waals surface area contributed by atoms with E-state index in [-0.39, 0.29) is 23.3 Å². The van der Waals surface area contributed by atoms with Crippen molar-refractivity contribution in [1.82, 2.24) is 14.9 Å². The summed E-state index contributed by atoms with van der Waals surface area (Å²) in [4.78, 5) is 28.2. The highest BCUT2D eigenvalue weighted by Gasteiger charge is 2.26. The molecule has 5 nitrogen and oxygen atoms in total. The van der Waals surface area contributed by atoms with Crippen LogP contribution in [0.3, 0.4) is 0 Å². The summed E-state index contributed by atoms with van der Waals surface area (Å²) in [7, 11) is 0. The SMILES string of the molecule is CC(C)CC(NC(=O)CSc1nc(=O)ccn1C1CC1)c1ccccc1. The zero-order valence-corrected chi connectivity index (χ0v) is 16.0. The third-order valence-corrected chi connectivity index (χ3v) is 5.29. The second-order valence-corrected chi connectivity index (χ2v) is 8.08. The van der Waals surface area contributed by atoms with E-state index < -0.39 is 0 Å². The van der Waals surface area contributed by atoms with Crippen LogP contribution in [0.5, 0.6) is 0 Å². The van der Waals surface area contributed by atoms with E-state index in [9.17, 15) is 9.59 Å². The zero-order chi connectivity index (χ0) is 18.5. The zero-order valence-electron chi connectivity index (χ0n) is 15.2. The number of carbonyl (C=O) groups excluding carboxylic acids is 1. The van der Waals surface area contributed by atoms with Gasteiger partial charge in [-0.25, -0.2) is 0 Å². The van der Waals surface area contributed by atoms with Crippen molar-refractivity contribution in [2.24, 2.45) is 5.92 Å². The Labute approximate surface area is 158 Å². The van der Waals surface area contributed by atoms with Crippen LogP contribution in [-0.4, -0.2) is 21.2 Å². The van der Waals surface area contributed by atoms with Gasteiger partial charge in [0.15, 0.2) is 5.16 Å². The van der Waals surface area contributed by atoms with Crippen molar-refractivity contribution in [3.05, 3.63) is 58.5 Å². The minimum Gasteiger partial charge on any atom is -0.349 e. The molecule has 0 bridgehead atoms. The number of hydrogen-bond donors (Lipinski definition) is 1. The van der Waals surface area contributed by atoms with E-state index in [2.05, 4.69) is 24.1 Å². The maximum Gasteiger partial charge on any atom is 0.273 e. The van der Waals surface area contributed by atoms with Crippen molar-refractivity contribution in [1.29, 1.82) is 0 Å². The lowest BCUT2D eigenvalue weighted by atomic mass is 9.97. The molecule has 1 aliphatic carbocycles. The van der Waals surface area contributed by atoms with E-state index in [4.69, 9.17) is 0 Å². The number of benzene rings is 1. The van der Waals surface area contributed by atoms with E-state index in [0.717, 1.165) is 24.8 Å². The fourth-order valence-corrected chi connectivity index (χ4v) is 3.79. The van der Waals surface area contributed by atoms with Gasteiger partial charge in [-0.1, -0.05) is 55.9 Å². The predicted molar refractivity (Wildman–Crippen MR) is 104 cm³/mol. The van der Waals surface area contributed by atoms with E-state index >= 15 is 0 Å². The first-order valence-corrected chi connectivity index (χ1v) is 10.1. The highest BCUT2D eigenvalue weighted by Crippen LogP contribution is 2.37. The van der Waals surface area contributed by atoms with Gasteiger partial charge in [-0.05, 0) is 30.7 Å². The minimum atomic E-state index is -0.258. The van der Waals surface area contributed by atoms with Gasteiger partial charge in [-0.15, -0.1) is 0 Å². The van der Waals surface area contributed by atoms with Gasteiger partial charge in [0.2, 0.25) is 5.91 Å². The quantitative estimate of drug-likeness (QED) is 0.569. The third-order valence-electron chi connectivity index (χ3n) is 4.32. The second kappa shape index (κ2) is 8.54. The molecule has 1 aliphatic rings. The molecule has 1 heterocycles. The highest BCUT2D eigenvalue weighted by atomic mass is 32.2. The summed E-state index contributed by atoms with van der Waals surface area (Å²) >= 11 is 1.33. The molecule has 0 spiro atoms. The lowest BCUT2D eigenvalue weighted by Gasteiger charge is -2.21. The minimum absolute atomic E-state index is 0.00124. The first-order chi connectivity index (χ1) is 12.5. The smallest absolute Gasteiger partial charge is 0.273 e. The maximum absolute atomic E-state index is 12.5. The van der Waals surface area contributed by atoms with Crippen LogP contribution in [0, 0.1) is 5.92 Å².